The lowest BCUT2D eigenvalue weighted by Crippen LogP contribution is -2.07. The number of anilines is 2. The number of halogens is 1. The van der Waals surface area contributed by atoms with Crippen LogP contribution in [0.4, 0.5) is 11.4 Å². The molecule has 4 nitrogen and oxygen atoms in total. The summed E-state index contributed by atoms with van der Waals surface area (Å²) in [5.74, 6) is 0. The van der Waals surface area contributed by atoms with Crippen molar-refractivity contribution >= 4 is 23.0 Å². The third-order valence-corrected chi connectivity index (χ3v) is 2.85. The van der Waals surface area contributed by atoms with Gasteiger partial charge in [0, 0.05) is 26.2 Å². The summed E-state index contributed by atoms with van der Waals surface area (Å²) >= 11 is 5.93. The Kier molecular flexibility index (Phi) is 3.54. The lowest BCUT2D eigenvalue weighted by atomic mass is 10.2. The maximum atomic E-state index is 5.93. The molecular formula is C12H15ClN4. The number of hydrogen-bond donors (Lipinski definition) is 2. The molecule has 2 aromatic rings. The van der Waals surface area contributed by atoms with Crippen molar-refractivity contribution in [1.29, 1.82) is 0 Å². The number of nitrogen functional groups attached to an aromatic ring is 1. The average Bonchev–Trinajstić information content (AvgIpc) is 2.70. The zero-order valence-electron chi connectivity index (χ0n) is 9.65. The average molecular weight is 251 g/mol. The molecule has 0 radical (unpaired) electrons. The molecule has 5 heteroatoms. The third kappa shape index (κ3) is 2.91. The fourth-order valence-electron chi connectivity index (χ4n) is 1.61. The molecule has 0 amide bonds. The van der Waals surface area contributed by atoms with E-state index in [4.69, 9.17) is 17.3 Å². The number of para-hydroxylation sites is 1. The molecule has 2 rings (SSSR count). The second-order valence-corrected chi connectivity index (χ2v) is 4.27. The molecule has 1 heterocycles. The second-order valence-electron chi connectivity index (χ2n) is 3.86. The van der Waals surface area contributed by atoms with Crippen LogP contribution in [0.2, 0.25) is 5.02 Å². The van der Waals surface area contributed by atoms with E-state index in [0.29, 0.717) is 10.7 Å². The van der Waals surface area contributed by atoms with Crippen LogP contribution in [0.1, 0.15) is 5.69 Å². The van der Waals surface area contributed by atoms with E-state index in [2.05, 4.69) is 10.4 Å². The van der Waals surface area contributed by atoms with Crippen molar-refractivity contribution in [2.24, 2.45) is 7.05 Å². The second kappa shape index (κ2) is 5.10. The molecule has 0 aliphatic rings. The minimum absolute atomic E-state index is 0.577. The Morgan fingerprint density at radius 3 is 2.94 bits per heavy atom. The third-order valence-electron chi connectivity index (χ3n) is 2.52. The van der Waals surface area contributed by atoms with Crippen LogP contribution in [0.15, 0.2) is 30.5 Å². The highest BCUT2D eigenvalue weighted by Gasteiger charge is 2.02. The van der Waals surface area contributed by atoms with Gasteiger partial charge in [0.1, 0.15) is 0 Å². The number of aromatic nitrogens is 2. The molecule has 0 aliphatic carbocycles. The molecule has 0 atom stereocenters. The maximum Gasteiger partial charge on any atom is 0.0739 e. The highest BCUT2D eigenvalue weighted by molar-refractivity contribution is 6.33. The van der Waals surface area contributed by atoms with E-state index in [1.165, 1.54) is 0 Å². The smallest absolute Gasteiger partial charge is 0.0739 e. The largest absolute Gasteiger partial charge is 0.396 e. The molecule has 1 aromatic heterocycles. The molecule has 17 heavy (non-hydrogen) atoms. The van der Waals surface area contributed by atoms with Crippen LogP contribution < -0.4 is 11.1 Å². The predicted octanol–water partition coefficient (Wildman–Crippen LogP) is 2.31. The van der Waals surface area contributed by atoms with E-state index < -0.39 is 0 Å². The van der Waals surface area contributed by atoms with Gasteiger partial charge in [-0.15, -0.1) is 0 Å². The van der Waals surface area contributed by atoms with E-state index in [0.717, 1.165) is 24.3 Å². The quantitative estimate of drug-likeness (QED) is 0.819. The number of rotatable bonds is 4. The number of aryl methyl sites for hydroxylation is 1. The summed E-state index contributed by atoms with van der Waals surface area (Å²) < 4.78 is 1.79. The van der Waals surface area contributed by atoms with E-state index in [1.54, 1.807) is 10.7 Å². The van der Waals surface area contributed by atoms with Crippen molar-refractivity contribution in [1.82, 2.24) is 9.78 Å². The van der Waals surface area contributed by atoms with Gasteiger partial charge in [0.25, 0.3) is 0 Å². The number of hydrogen-bond acceptors (Lipinski definition) is 3. The van der Waals surface area contributed by atoms with E-state index in [9.17, 15) is 0 Å². The first kappa shape index (κ1) is 11.8. The molecule has 90 valence electrons. The van der Waals surface area contributed by atoms with Gasteiger partial charge in [-0.1, -0.05) is 17.7 Å². The molecule has 0 spiro atoms. The Labute approximate surface area is 105 Å². The first-order chi connectivity index (χ1) is 8.16. The van der Waals surface area contributed by atoms with Crippen molar-refractivity contribution in [3.05, 3.63) is 41.2 Å². The van der Waals surface area contributed by atoms with Crippen LogP contribution in [-0.2, 0) is 13.5 Å². The van der Waals surface area contributed by atoms with Crippen molar-refractivity contribution in [3.8, 4) is 0 Å². The van der Waals surface area contributed by atoms with Gasteiger partial charge in [-0.25, -0.2) is 0 Å². The van der Waals surface area contributed by atoms with E-state index >= 15 is 0 Å². The summed E-state index contributed by atoms with van der Waals surface area (Å²) in [6.45, 7) is 0.779. The van der Waals surface area contributed by atoms with Gasteiger partial charge in [-0.3, -0.25) is 4.68 Å². The highest BCUT2D eigenvalue weighted by atomic mass is 35.5. The molecule has 0 unspecified atom stereocenters. The van der Waals surface area contributed by atoms with Crippen LogP contribution >= 0.6 is 11.6 Å². The number of nitrogens with zero attached hydrogens (tertiary/aromatic N) is 2. The van der Waals surface area contributed by atoms with Gasteiger partial charge in [-0.2, -0.15) is 5.10 Å². The first-order valence-corrected chi connectivity index (χ1v) is 5.81. The van der Waals surface area contributed by atoms with Crippen LogP contribution in [0, 0.1) is 0 Å². The minimum Gasteiger partial charge on any atom is -0.396 e. The molecule has 0 fully saturated rings. The lowest BCUT2D eigenvalue weighted by molar-refractivity contribution is 0.742. The molecular weight excluding hydrogens is 236 g/mol. The van der Waals surface area contributed by atoms with Crippen LogP contribution in [0.5, 0.6) is 0 Å². The molecule has 0 aliphatic heterocycles. The van der Waals surface area contributed by atoms with Crippen molar-refractivity contribution in [3.63, 3.8) is 0 Å². The Bertz CT molecular complexity index is 507. The van der Waals surface area contributed by atoms with Crippen molar-refractivity contribution < 1.29 is 0 Å². The molecule has 3 N–H and O–H groups in total. The summed E-state index contributed by atoms with van der Waals surface area (Å²) in [5.41, 5.74) is 8.37. The highest BCUT2D eigenvalue weighted by Crippen LogP contribution is 2.26. The van der Waals surface area contributed by atoms with Gasteiger partial charge in [0.05, 0.1) is 22.1 Å². The van der Waals surface area contributed by atoms with Crippen molar-refractivity contribution in [2.75, 3.05) is 17.6 Å². The number of nitrogens with two attached hydrogens (primary N) is 1. The van der Waals surface area contributed by atoms with Gasteiger partial charge in [-0.05, 0) is 18.2 Å². The maximum absolute atomic E-state index is 5.93. The van der Waals surface area contributed by atoms with Gasteiger partial charge < -0.3 is 11.1 Å². The Balaban J connectivity index is 1.92. The minimum atomic E-state index is 0.577. The standard InChI is InChI=1S/C12H15ClN4/c1-17-8-6-9(16-17)5-7-15-11-4-2-3-10(13)12(11)14/h2-4,6,8,15H,5,7,14H2,1H3. The van der Waals surface area contributed by atoms with Gasteiger partial charge in [0.2, 0.25) is 0 Å². The summed E-state index contributed by atoms with van der Waals surface area (Å²) in [6, 6.07) is 7.57. The summed E-state index contributed by atoms with van der Waals surface area (Å²) in [6.07, 6.45) is 2.79. The zero-order valence-corrected chi connectivity index (χ0v) is 10.4. The van der Waals surface area contributed by atoms with Gasteiger partial charge >= 0.3 is 0 Å². The van der Waals surface area contributed by atoms with Crippen LogP contribution in [0.25, 0.3) is 0 Å². The molecule has 1 aromatic carbocycles. The topological polar surface area (TPSA) is 55.9 Å². The lowest BCUT2D eigenvalue weighted by Gasteiger charge is -2.09. The Morgan fingerprint density at radius 2 is 2.24 bits per heavy atom. The molecule has 0 saturated heterocycles. The Hall–Kier alpha value is -1.68. The van der Waals surface area contributed by atoms with Crippen LogP contribution in [-0.4, -0.2) is 16.3 Å². The van der Waals surface area contributed by atoms with Gasteiger partial charge in [0.15, 0.2) is 0 Å². The van der Waals surface area contributed by atoms with Crippen molar-refractivity contribution in [2.45, 2.75) is 6.42 Å². The first-order valence-electron chi connectivity index (χ1n) is 5.43. The van der Waals surface area contributed by atoms with E-state index in [-0.39, 0.29) is 0 Å². The number of benzene rings is 1. The Morgan fingerprint density at radius 1 is 1.41 bits per heavy atom. The molecule has 0 bridgehead atoms. The number of nitrogens with one attached hydrogen (secondary N) is 1. The summed E-state index contributed by atoms with van der Waals surface area (Å²) in [4.78, 5) is 0. The fourth-order valence-corrected chi connectivity index (χ4v) is 1.79. The normalized spacial score (nSPS) is 10.5. The SMILES string of the molecule is Cn1ccc(CCNc2cccc(Cl)c2N)n1. The van der Waals surface area contributed by atoms with E-state index in [1.807, 2.05) is 31.4 Å². The predicted molar refractivity (Wildman–Crippen MR) is 71.3 cm³/mol. The zero-order chi connectivity index (χ0) is 12.3. The summed E-state index contributed by atoms with van der Waals surface area (Å²) in [7, 11) is 1.91. The monoisotopic (exact) mass is 250 g/mol. The fraction of sp³-hybridized carbons (Fsp3) is 0.250. The van der Waals surface area contributed by atoms with Crippen LogP contribution in [0.3, 0.4) is 0 Å². The molecule has 0 saturated carbocycles. The summed E-state index contributed by atoms with van der Waals surface area (Å²) in [5, 5.41) is 8.13.